The fraction of sp³-hybridized carbons (Fsp3) is 0.700. The lowest BCUT2D eigenvalue weighted by Gasteiger charge is -2.39. The van der Waals surface area contributed by atoms with Gasteiger partial charge >= 0.3 is 0 Å². The van der Waals surface area contributed by atoms with Gasteiger partial charge in [-0.05, 0) is 44.1 Å². The van der Waals surface area contributed by atoms with E-state index < -0.39 is 35.1 Å². The molecule has 38 heavy (non-hydrogen) atoms. The molecule has 3 aliphatic heterocycles. The predicted molar refractivity (Wildman–Crippen MR) is 145 cm³/mol. The van der Waals surface area contributed by atoms with Gasteiger partial charge in [0.05, 0.1) is 30.1 Å². The highest BCUT2D eigenvalue weighted by atomic mass is 16.5. The second-order valence-corrected chi connectivity index (χ2v) is 11.6. The first-order valence-corrected chi connectivity index (χ1v) is 14.4. The Bertz CT molecular complexity index is 1020. The third kappa shape index (κ3) is 4.64. The van der Waals surface area contributed by atoms with Gasteiger partial charge in [-0.2, -0.15) is 0 Å². The van der Waals surface area contributed by atoms with Crippen molar-refractivity contribution in [3.8, 4) is 0 Å². The smallest absolute Gasteiger partial charge is 0.246 e. The number of aliphatic hydroxyl groups excluding tert-OH is 1. The first kappa shape index (κ1) is 28.6. The molecule has 8 nitrogen and oxygen atoms in total. The van der Waals surface area contributed by atoms with Gasteiger partial charge in [-0.3, -0.25) is 14.4 Å². The molecule has 8 heteroatoms. The van der Waals surface area contributed by atoms with Crippen molar-refractivity contribution in [2.24, 2.45) is 17.8 Å². The van der Waals surface area contributed by atoms with Crippen molar-refractivity contribution in [1.82, 2.24) is 15.5 Å². The largest absolute Gasteiger partial charge is 0.394 e. The number of fused-ring (bicyclic) bond motifs is 1. The van der Waals surface area contributed by atoms with Crippen LogP contribution in [0.2, 0.25) is 0 Å². The third-order valence-corrected chi connectivity index (χ3v) is 9.41. The van der Waals surface area contributed by atoms with Crippen LogP contribution in [0.4, 0.5) is 0 Å². The molecule has 1 aromatic carbocycles. The van der Waals surface area contributed by atoms with Gasteiger partial charge in [0.25, 0.3) is 0 Å². The zero-order chi connectivity index (χ0) is 27.7. The quantitative estimate of drug-likeness (QED) is 0.387. The van der Waals surface area contributed by atoms with Gasteiger partial charge in [0.1, 0.15) is 11.6 Å². The number of nitrogens with one attached hydrogen (secondary N) is 2. The average molecular weight is 528 g/mol. The minimum Gasteiger partial charge on any atom is -0.394 e. The van der Waals surface area contributed by atoms with E-state index in [2.05, 4.69) is 17.6 Å². The number of hydrogen-bond donors (Lipinski definition) is 3. The first-order chi connectivity index (χ1) is 18.2. The maximum atomic E-state index is 14.3. The SMILES string of the molecule is CCCC(C)NC(=O)C1N([C@@H](CO)[C@@H](C)CC)C(=O)[C@@H]2[C@H](C(=O)NCc3ccccc3)[C@]3(CC)CCC12O3. The van der Waals surface area contributed by atoms with E-state index in [1.807, 2.05) is 58.0 Å². The normalized spacial score (nSPS) is 32.1. The molecule has 210 valence electrons. The molecule has 2 bridgehead atoms. The summed E-state index contributed by atoms with van der Waals surface area (Å²) in [6.07, 6.45) is 4.22. The zero-order valence-electron chi connectivity index (χ0n) is 23.5. The Morgan fingerprint density at radius 2 is 1.84 bits per heavy atom. The van der Waals surface area contributed by atoms with Crippen molar-refractivity contribution >= 4 is 17.7 Å². The number of hydrogen-bond acceptors (Lipinski definition) is 5. The number of nitrogens with zero attached hydrogens (tertiary/aromatic N) is 1. The summed E-state index contributed by atoms with van der Waals surface area (Å²) in [5, 5.41) is 16.6. The molecular weight excluding hydrogens is 482 g/mol. The van der Waals surface area contributed by atoms with E-state index in [9.17, 15) is 19.5 Å². The lowest BCUT2D eigenvalue weighted by molar-refractivity contribution is -0.152. The van der Waals surface area contributed by atoms with Crippen LogP contribution in [0.1, 0.15) is 78.7 Å². The first-order valence-electron chi connectivity index (χ1n) is 14.4. The molecule has 0 saturated carbocycles. The Morgan fingerprint density at radius 3 is 2.45 bits per heavy atom. The average Bonchev–Trinajstić information content (AvgIpc) is 3.52. The fourth-order valence-electron chi connectivity index (χ4n) is 7.25. The van der Waals surface area contributed by atoms with E-state index in [0.29, 0.717) is 25.8 Å². The molecule has 3 fully saturated rings. The van der Waals surface area contributed by atoms with Crippen LogP contribution in [0.25, 0.3) is 0 Å². The zero-order valence-corrected chi connectivity index (χ0v) is 23.5. The fourth-order valence-corrected chi connectivity index (χ4v) is 7.25. The Hall–Kier alpha value is -2.45. The van der Waals surface area contributed by atoms with Crippen molar-refractivity contribution in [1.29, 1.82) is 0 Å². The van der Waals surface area contributed by atoms with Gasteiger partial charge in [0, 0.05) is 12.6 Å². The van der Waals surface area contributed by atoms with Gasteiger partial charge in [0.15, 0.2) is 0 Å². The third-order valence-electron chi connectivity index (χ3n) is 9.41. The maximum Gasteiger partial charge on any atom is 0.246 e. The summed E-state index contributed by atoms with van der Waals surface area (Å²) < 4.78 is 6.82. The van der Waals surface area contributed by atoms with Crippen molar-refractivity contribution in [3.63, 3.8) is 0 Å². The topological polar surface area (TPSA) is 108 Å². The number of aliphatic hydroxyl groups is 1. The number of amides is 3. The monoisotopic (exact) mass is 527 g/mol. The van der Waals surface area contributed by atoms with Crippen LogP contribution in [0.15, 0.2) is 30.3 Å². The molecule has 3 amide bonds. The number of carbonyl (C=O) groups excluding carboxylic acids is 3. The van der Waals surface area contributed by atoms with Crippen LogP contribution in [0, 0.1) is 17.8 Å². The number of carbonyl (C=O) groups is 3. The number of benzene rings is 1. The second-order valence-electron chi connectivity index (χ2n) is 11.6. The Kier molecular flexibility index (Phi) is 8.52. The van der Waals surface area contributed by atoms with Gasteiger partial charge in [-0.15, -0.1) is 0 Å². The van der Waals surface area contributed by atoms with Crippen molar-refractivity contribution in [2.45, 2.75) is 109 Å². The summed E-state index contributed by atoms with van der Waals surface area (Å²) in [4.78, 5) is 43.7. The molecular formula is C30H45N3O5. The molecule has 4 rings (SSSR count). The molecule has 0 radical (unpaired) electrons. The minimum absolute atomic E-state index is 0.0229. The van der Waals surface area contributed by atoms with E-state index in [1.54, 1.807) is 4.90 Å². The van der Waals surface area contributed by atoms with Crippen LogP contribution in [0.3, 0.4) is 0 Å². The molecule has 1 spiro atoms. The maximum absolute atomic E-state index is 14.3. The van der Waals surface area contributed by atoms with Gasteiger partial charge in [-0.25, -0.2) is 0 Å². The summed E-state index contributed by atoms with van der Waals surface area (Å²) in [6.45, 7) is 10.1. The summed E-state index contributed by atoms with van der Waals surface area (Å²) >= 11 is 0. The molecule has 3 aliphatic rings. The Morgan fingerprint density at radius 1 is 1.13 bits per heavy atom. The highest BCUT2D eigenvalue weighted by Gasteiger charge is 2.79. The van der Waals surface area contributed by atoms with E-state index in [0.717, 1.165) is 24.8 Å². The highest BCUT2D eigenvalue weighted by Crippen LogP contribution is 2.64. The number of rotatable bonds is 12. The van der Waals surface area contributed by atoms with Crippen LogP contribution < -0.4 is 10.6 Å². The molecule has 3 N–H and O–H groups in total. The highest BCUT2D eigenvalue weighted by molar-refractivity contribution is 5.99. The standard InChI is InChI=1S/C30H45N3O5/c1-6-12-20(5)32-27(36)25-30-16-15-29(8-3,38-30)23(26(35)31-17-21-13-10-9-11-14-21)24(30)28(37)33(25)22(18-34)19(4)7-2/h9-11,13-14,19-20,22-25,34H,6-8,12,15-18H2,1-5H3,(H,31,35)(H,32,36)/t19-,20?,22-,23+,24-,25?,29-,30?/m0/s1. The van der Waals surface area contributed by atoms with E-state index >= 15 is 0 Å². The van der Waals surface area contributed by atoms with Gasteiger partial charge in [-0.1, -0.05) is 70.9 Å². The Labute approximate surface area is 226 Å². The van der Waals surface area contributed by atoms with E-state index in [-0.39, 0.29) is 36.3 Å². The summed E-state index contributed by atoms with van der Waals surface area (Å²) in [6, 6.07) is 8.22. The minimum atomic E-state index is -1.08. The summed E-state index contributed by atoms with van der Waals surface area (Å²) in [7, 11) is 0. The summed E-state index contributed by atoms with van der Waals surface area (Å²) in [5.41, 5.74) is -0.895. The second kappa shape index (κ2) is 11.3. The summed E-state index contributed by atoms with van der Waals surface area (Å²) in [5.74, 6) is -2.18. The number of ether oxygens (including phenoxy) is 1. The molecule has 3 heterocycles. The molecule has 1 aromatic rings. The van der Waals surface area contributed by atoms with Crippen molar-refractivity contribution < 1.29 is 24.2 Å². The predicted octanol–water partition coefficient (Wildman–Crippen LogP) is 3.17. The van der Waals surface area contributed by atoms with Crippen LogP contribution in [-0.2, 0) is 25.7 Å². The molecule has 8 atom stereocenters. The molecule has 3 unspecified atom stereocenters. The molecule has 0 aromatic heterocycles. The van der Waals surface area contributed by atoms with Crippen molar-refractivity contribution in [3.05, 3.63) is 35.9 Å². The molecule has 3 saturated heterocycles. The Balaban J connectivity index is 1.72. The van der Waals surface area contributed by atoms with E-state index in [4.69, 9.17) is 4.74 Å². The van der Waals surface area contributed by atoms with Crippen LogP contribution in [-0.4, -0.2) is 63.7 Å². The van der Waals surface area contributed by atoms with Gasteiger partial charge < -0.3 is 25.4 Å². The lowest BCUT2D eigenvalue weighted by Crippen LogP contribution is -2.60. The van der Waals surface area contributed by atoms with E-state index in [1.165, 1.54) is 0 Å². The van der Waals surface area contributed by atoms with Crippen molar-refractivity contribution in [2.75, 3.05) is 6.61 Å². The van der Waals surface area contributed by atoms with Gasteiger partial charge in [0.2, 0.25) is 17.7 Å². The van der Waals surface area contributed by atoms with Crippen LogP contribution in [0.5, 0.6) is 0 Å². The van der Waals surface area contributed by atoms with Crippen LogP contribution >= 0.6 is 0 Å². The number of likely N-dealkylation sites (tertiary alicyclic amines) is 1. The molecule has 0 aliphatic carbocycles. The lowest BCUT2D eigenvalue weighted by atomic mass is 9.65.